The number of benzene rings is 6. The normalized spacial score (nSPS) is 11.7. The van der Waals surface area contributed by atoms with E-state index in [0.717, 1.165) is 49.4 Å². The summed E-state index contributed by atoms with van der Waals surface area (Å²) in [4.78, 5) is 19.6. The van der Waals surface area contributed by atoms with Gasteiger partial charge < -0.3 is 4.42 Å². The first-order valence-electron chi connectivity index (χ1n) is 14.2. The lowest BCUT2D eigenvalue weighted by atomic mass is 9.93. The molecule has 0 bridgehead atoms. The van der Waals surface area contributed by atoms with E-state index < -0.39 is 0 Å². The zero-order valence-corrected chi connectivity index (χ0v) is 22.9. The Labute approximate surface area is 246 Å². The van der Waals surface area contributed by atoms with E-state index in [-0.39, 0.29) is 0 Å². The molecule has 0 atom stereocenters. The third-order valence-corrected chi connectivity index (χ3v) is 8.20. The maximum absolute atomic E-state index is 6.15. The molecular weight excluding hydrogens is 528 g/mol. The van der Waals surface area contributed by atoms with Gasteiger partial charge in [0.15, 0.2) is 23.1 Å². The van der Waals surface area contributed by atoms with Crippen molar-refractivity contribution in [2.45, 2.75) is 0 Å². The van der Waals surface area contributed by atoms with Crippen LogP contribution in [-0.4, -0.2) is 19.9 Å². The zero-order chi connectivity index (χ0) is 28.3. The summed E-state index contributed by atoms with van der Waals surface area (Å²) in [7, 11) is 0. The van der Waals surface area contributed by atoms with E-state index in [4.69, 9.17) is 19.4 Å². The number of pyridine rings is 1. The lowest BCUT2D eigenvalue weighted by Crippen LogP contribution is -2.01. The first-order valence-corrected chi connectivity index (χ1v) is 14.2. The van der Waals surface area contributed by atoms with Crippen LogP contribution in [-0.2, 0) is 0 Å². The van der Waals surface area contributed by atoms with Crippen LogP contribution in [0.3, 0.4) is 0 Å². The molecule has 6 aromatic carbocycles. The summed E-state index contributed by atoms with van der Waals surface area (Å²) < 4.78 is 6.15. The average molecular weight is 551 g/mol. The molecule has 0 radical (unpaired) electrons. The largest absolute Gasteiger partial charge is 0.454 e. The highest BCUT2D eigenvalue weighted by atomic mass is 16.3. The molecule has 9 rings (SSSR count). The van der Waals surface area contributed by atoms with Gasteiger partial charge in [-0.2, -0.15) is 0 Å². The monoisotopic (exact) mass is 550 g/mol. The van der Waals surface area contributed by atoms with Crippen LogP contribution in [0.2, 0.25) is 0 Å². The Morgan fingerprint density at radius 2 is 1.16 bits per heavy atom. The van der Waals surface area contributed by atoms with Gasteiger partial charge in [-0.15, -0.1) is 0 Å². The molecule has 0 aliphatic heterocycles. The molecule has 0 aliphatic rings. The minimum Gasteiger partial charge on any atom is -0.454 e. The summed E-state index contributed by atoms with van der Waals surface area (Å²) in [5.41, 5.74) is 4.28. The van der Waals surface area contributed by atoms with Crippen molar-refractivity contribution in [1.82, 2.24) is 19.9 Å². The van der Waals surface area contributed by atoms with Gasteiger partial charge in [0.25, 0.3) is 0 Å². The first-order chi connectivity index (χ1) is 21.3. The van der Waals surface area contributed by atoms with Crippen LogP contribution in [0.25, 0.3) is 88.4 Å². The van der Waals surface area contributed by atoms with Crippen LogP contribution in [0.1, 0.15) is 0 Å². The van der Waals surface area contributed by atoms with E-state index in [1.54, 1.807) is 12.4 Å². The molecule has 5 nitrogen and oxygen atoms in total. The lowest BCUT2D eigenvalue weighted by molar-refractivity contribution is 0.667. The molecule has 9 aromatic rings. The first kappa shape index (κ1) is 23.7. The highest BCUT2D eigenvalue weighted by molar-refractivity contribution is 6.23. The van der Waals surface area contributed by atoms with Crippen LogP contribution >= 0.6 is 0 Å². The van der Waals surface area contributed by atoms with Crippen molar-refractivity contribution in [2.75, 3.05) is 0 Å². The average Bonchev–Trinajstić information content (AvgIpc) is 3.47. The molecule has 3 heterocycles. The second-order valence-corrected chi connectivity index (χ2v) is 10.7. The number of nitrogens with zero attached hydrogens (tertiary/aromatic N) is 4. The van der Waals surface area contributed by atoms with Gasteiger partial charge in [-0.25, -0.2) is 15.0 Å². The van der Waals surface area contributed by atoms with Gasteiger partial charge in [-0.1, -0.05) is 103 Å². The Bertz CT molecular complexity index is 2520. The van der Waals surface area contributed by atoms with E-state index in [1.165, 1.54) is 21.5 Å². The van der Waals surface area contributed by atoms with Crippen molar-refractivity contribution < 1.29 is 4.42 Å². The molecule has 43 heavy (non-hydrogen) atoms. The highest BCUT2D eigenvalue weighted by Gasteiger charge is 2.19. The fraction of sp³-hybridized carbons (Fsp3) is 0. The molecule has 0 amide bonds. The molecule has 0 N–H and O–H groups in total. The summed E-state index contributed by atoms with van der Waals surface area (Å²) in [5, 5.41) is 9.04. The fourth-order valence-corrected chi connectivity index (χ4v) is 6.26. The number of hydrogen-bond donors (Lipinski definition) is 0. The van der Waals surface area contributed by atoms with Crippen LogP contribution in [0, 0.1) is 0 Å². The van der Waals surface area contributed by atoms with Crippen LogP contribution in [0.4, 0.5) is 0 Å². The number of aromatic nitrogens is 4. The van der Waals surface area contributed by atoms with Gasteiger partial charge in [-0.05, 0) is 50.5 Å². The molecule has 0 fully saturated rings. The number of rotatable bonds is 3. The minimum absolute atomic E-state index is 0.594. The summed E-state index contributed by atoms with van der Waals surface area (Å²) in [6.45, 7) is 0. The smallest absolute Gasteiger partial charge is 0.164 e. The Kier molecular flexibility index (Phi) is 5.13. The maximum atomic E-state index is 6.15. The highest BCUT2D eigenvalue weighted by Crippen LogP contribution is 2.39. The van der Waals surface area contributed by atoms with Crippen LogP contribution in [0.5, 0.6) is 0 Å². The second kappa shape index (κ2) is 9.29. The van der Waals surface area contributed by atoms with Crippen molar-refractivity contribution in [1.29, 1.82) is 0 Å². The van der Waals surface area contributed by atoms with E-state index in [2.05, 4.69) is 77.8 Å². The number of furan rings is 1. The van der Waals surface area contributed by atoms with Gasteiger partial charge in [0.1, 0.15) is 5.58 Å². The van der Waals surface area contributed by atoms with Gasteiger partial charge in [0.05, 0.1) is 6.20 Å². The van der Waals surface area contributed by atoms with Gasteiger partial charge >= 0.3 is 0 Å². The fourth-order valence-electron chi connectivity index (χ4n) is 6.26. The van der Waals surface area contributed by atoms with E-state index in [9.17, 15) is 0 Å². The van der Waals surface area contributed by atoms with E-state index >= 15 is 0 Å². The summed E-state index contributed by atoms with van der Waals surface area (Å²) in [5.74, 6) is 1.84. The van der Waals surface area contributed by atoms with Crippen molar-refractivity contribution in [2.24, 2.45) is 0 Å². The Hall–Kier alpha value is -5.94. The molecule has 0 aliphatic carbocycles. The Morgan fingerprint density at radius 3 is 2.05 bits per heavy atom. The maximum Gasteiger partial charge on any atom is 0.164 e. The standard InChI is InChI=1S/C38H22N4O/c1-2-10-24(11-3-1)36-40-37(30-15-8-16-32-35(30)29-19-20-39-22-33(29)43-32)42-38(41-36)31-21-25-18-17-23-9-4-5-12-26(23)34(25)28-14-7-6-13-27(28)31/h1-22H. The number of hydrogen-bond acceptors (Lipinski definition) is 5. The lowest BCUT2D eigenvalue weighted by Gasteiger charge is -2.14. The molecule has 0 saturated heterocycles. The third-order valence-electron chi connectivity index (χ3n) is 8.20. The molecular formula is C38H22N4O. The molecule has 0 spiro atoms. The Morgan fingerprint density at radius 1 is 0.442 bits per heavy atom. The quantitative estimate of drug-likeness (QED) is 0.205. The molecule has 5 heteroatoms. The third kappa shape index (κ3) is 3.72. The predicted molar refractivity (Wildman–Crippen MR) is 174 cm³/mol. The summed E-state index contributed by atoms with van der Waals surface area (Å²) in [6, 6.07) is 41.7. The van der Waals surface area contributed by atoms with Crippen molar-refractivity contribution in [3.8, 4) is 34.2 Å². The SMILES string of the molecule is c1ccc(-c2nc(-c3cc4ccc5ccccc5c4c4ccccc34)nc(-c3cccc4oc5cnccc5c34)n2)cc1. The summed E-state index contributed by atoms with van der Waals surface area (Å²) >= 11 is 0. The second-order valence-electron chi connectivity index (χ2n) is 10.7. The predicted octanol–water partition coefficient (Wildman–Crippen LogP) is 9.63. The Balaban J connectivity index is 1.38. The minimum atomic E-state index is 0.594. The van der Waals surface area contributed by atoms with Crippen molar-refractivity contribution in [3.05, 3.63) is 134 Å². The van der Waals surface area contributed by atoms with Crippen molar-refractivity contribution >= 4 is 54.3 Å². The molecule has 0 unspecified atom stereocenters. The van der Waals surface area contributed by atoms with Gasteiger partial charge in [-0.3, -0.25) is 4.98 Å². The van der Waals surface area contributed by atoms with Gasteiger partial charge in [0.2, 0.25) is 0 Å². The molecule has 3 aromatic heterocycles. The van der Waals surface area contributed by atoms with Crippen LogP contribution < -0.4 is 0 Å². The topological polar surface area (TPSA) is 64.7 Å². The van der Waals surface area contributed by atoms with Crippen molar-refractivity contribution in [3.63, 3.8) is 0 Å². The zero-order valence-electron chi connectivity index (χ0n) is 22.9. The number of fused-ring (bicyclic) bond motifs is 8. The molecule has 0 saturated carbocycles. The van der Waals surface area contributed by atoms with Gasteiger partial charge in [0, 0.05) is 33.7 Å². The van der Waals surface area contributed by atoms with E-state index in [0.29, 0.717) is 17.5 Å². The van der Waals surface area contributed by atoms with Crippen LogP contribution in [0.15, 0.2) is 138 Å². The molecule has 200 valence electrons. The van der Waals surface area contributed by atoms with E-state index in [1.807, 2.05) is 48.5 Å². The summed E-state index contributed by atoms with van der Waals surface area (Å²) in [6.07, 6.45) is 3.53.